The van der Waals surface area contributed by atoms with Gasteiger partial charge < -0.3 is 5.32 Å². The van der Waals surface area contributed by atoms with Crippen molar-refractivity contribution in [3.63, 3.8) is 0 Å². The Labute approximate surface area is 130 Å². The number of aromatic nitrogens is 1. The van der Waals surface area contributed by atoms with Gasteiger partial charge in [-0.1, -0.05) is 11.8 Å². The Bertz CT molecular complexity index is 599. The molecule has 5 heteroatoms. The highest BCUT2D eigenvalue weighted by Gasteiger charge is 2.20. The van der Waals surface area contributed by atoms with Crippen molar-refractivity contribution in [2.75, 3.05) is 0 Å². The van der Waals surface area contributed by atoms with Crippen LogP contribution in [0.15, 0.2) is 50.9 Å². The van der Waals surface area contributed by atoms with E-state index in [9.17, 15) is 4.39 Å². The fourth-order valence-electron chi connectivity index (χ4n) is 1.86. The Hall–Kier alpha value is -0.910. The van der Waals surface area contributed by atoms with Crippen LogP contribution >= 0.6 is 27.7 Å². The Kier molecular flexibility index (Phi) is 4.38. The van der Waals surface area contributed by atoms with Crippen LogP contribution in [0.1, 0.15) is 18.4 Å². The second-order valence-electron chi connectivity index (χ2n) is 4.82. The fourth-order valence-corrected chi connectivity index (χ4v) is 2.96. The first-order valence-corrected chi connectivity index (χ1v) is 8.13. The number of rotatable bonds is 5. The molecule has 0 spiro atoms. The highest BCUT2D eigenvalue weighted by atomic mass is 79.9. The van der Waals surface area contributed by atoms with Crippen LogP contribution in [0, 0.1) is 5.82 Å². The lowest BCUT2D eigenvalue weighted by molar-refractivity contribution is 0.616. The van der Waals surface area contributed by atoms with Gasteiger partial charge in [-0.25, -0.2) is 9.37 Å². The van der Waals surface area contributed by atoms with E-state index in [0.29, 0.717) is 12.6 Å². The van der Waals surface area contributed by atoms with Crippen LogP contribution < -0.4 is 5.32 Å². The van der Waals surface area contributed by atoms with E-state index in [-0.39, 0.29) is 5.82 Å². The molecule has 0 saturated heterocycles. The molecule has 0 atom stereocenters. The van der Waals surface area contributed by atoms with Crippen molar-refractivity contribution in [2.24, 2.45) is 0 Å². The Morgan fingerprint density at radius 1 is 1.30 bits per heavy atom. The highest BCUT2D eigenvalue weighted by Crippen LogP contribution is 2.31. The average Bonchev–Trinajstić information content (AvgIpc) is 3.25. The van der Waals surface area contributed by atoms with Gasteiger partial charge in [0, 0.05) is 28.2 Å². The summed E-state index contributed by atoms with van der Waals surface area (Å²) in [6.07, 6.45) is 4.23. The molecule has 1 fully saturated rings. The SMILES string of the molecule is Fc1ccc(Sc2ccc(Br)cn2)c(CNC2CC2)c1. The predicted molar refractivity (Wildman–Crippen MR) is 82.3 cm³/mol. The summed E-state index contributed by atoms with van der Waals surface area (Å²) >= 11 is 4.94. The normalized spacial score (nSPS) is 14.5. The molecule has 1 aliphatic rings. The van der Waals surface area contributed by atoms with E-state index in [2.05, 4.69) is 26.2 Å². The quantitative estimate of drug-likeness (QED) is 0.863. The summed E-state index contributed by atoms with van der Waals surface area (Å²) in [6.45, 7) is 0.710. The predicted octanol–water partition coefficient (Wildman–Crippen LogP) is 4.39. The van der Waals surface area contributed by atoms with Crippen molar-refractivity contribution in [1.82, 2.24) is 10.3 Å². The first kappa shape index (κ1) is 14.0. The number of nitrogens with one attached hydrogen (secondary N) is 1. The van der Waals surface area contributed by atoms with Crippen molar-refractivity contribution in [3.05, 3.63) is 52.4 Å². The van der Waals surface area contributed by atoms with E-state index < -0.39 is 0 Å². The zero-order valence-electron chi connectivity index (χ0n) is 10.8. The zero-order valence-corrected chi connectivity index (χ0v) is 13.2. The molecule has 0 bridgehead atoms. The average molecular weight is 353 g/mol. The second kappa shape index (κ2) is 6.24. The molecule has 0 aliphatic heterocycles. The monoisotopic (exact) mass is 352 g/mol. The molecule has 104 valence electrons. The molecule has 1 aromatic heterocycles. The van der Waals surface area contributed by atoms with Crippen LogP contribution in [-0.4, -0.2) is 11.0 Å². The van der Waals surface area contributed by atoms with Crippen molar-refractivity contribution >= 4 is 27.7 Å². The van der Waals surface area contributed by atoms with Crippen molar-refractivity contribution in [2.45, 2.75) is 35.3 Å². The number of pyridine rings is 1. The lowest BCUT2D eigenvalue weighted by Crippen LogP contribution is -2.16. The smallest absolute Gasteiger partial charge is 0.123 e. The van der Waals surface area contributed by atoms with Crippen molar-refractivity contribution in [3.8, 4) is 0 Å². The van der Waals surface area contributed by atoms with Gasteiger partial charge in [0.2, 0.25) is 0 Å². The third-order valence-corrected chi connectivity index (χ3v) is 4.63. The molecule has 1 N–H and O–H groups in total. The van der Waals surface area contributed by atoms with Crippen LogP contribution in [0.4, 0.5) is 4.39 Å². The molecular formula is C15H14BrFN2S. The molecule has 1 aromatic carbocycles. The summed E-state index contributed by atoms with van der Waals surface area (Å²) in [5.74, 6) is -0.189. The molecule has 1 aliphatic carbocycles. The minimum Gasteiger partial charge on any atom is -0.310 e. The number of hydrogen-bond acceptors (Lipinski definition) is 3. The van der Waals surface area contributed by atoms with Gasteiger partial charge in [0.05, 0.1) is 0 Å². The van der Waals surface area contributed by atoms with Gasteiger partial charge in [0.25, 0.3) is 0 Å². The number of hydrogen-bond donors (Lipinski definition) is 1. The zero-order chi connectivity index (χ0) is 13.9. The minimum atomic E-state index is -0.189. The molecular weight excluding hydrogens is 339 g/mol. The number of nitrogens with zero attached hydrogens (tertiary/aromatic N) is 1. The maximum atomic E-state index is 13.4. The van der Waals surface area contributed by atoms with Crippen molar-refractivity contribution < 1.29 is 4.39 Å². The van der Waals surface area contributed by atoms with Gasteiger partial charge in [-0.15, -0.1) is 0 Å². The van der Waals surface area contributed by atoms with Gasteiger partial charge in [0.1, 0.15) is 10.8 Å². The second-order valence-corrected chi connectivity index (χ2v) is 6.80. The first-order valence-electron chi connectivity index (χ1n) is 6.52. The molecule has 2 aromatic rings. The fraction of sp³-hybridized carbons (Fsp3) is 0.267. The number of benzene rings is 1. The van der Waals surface area contributed by atoms with E-state index in [0.717, 1.165) is 20.0 Å². The summed E-state index contributed by atoms with van der Waals surface area (Å²) in [5.41, 5.74) is 0.992. The Morgan fingerprint density at radius 2 is 2.15 bits per heavy atom. The Balaban J connectivity index is 1.77. The molecule has 0 amide bonds. The van der Waals surface area contributed by atoms with Crippen LogP contribution in [0.2, 0.25) is 0 Å². The molecule has 2 nitrogen and oxygen atoms in total. The summed E-state index contributed by atoms with van der Waals surface area (Å²) in [5, 5.41) is 4.34. The largest absolute Gasteiger partial charge is 0.310 e. The van der Waals surface area contributed by atoms with E-state index >= 15 is 0 Å². The van der Waals surface area contributed by atoms with Crippen LogP contribution in [-0.2, 0) is 6.54 Å². The minimum absolute atomic E-state index is 0.189. The van der Waals surface area contributed by atoms with E-state index in [1.807, 2.05) is 18.2 Å². The van der Waals surface area contributed by atoms with Gasteiger partial charge >= 0.3 is 0 Å². The van der Waals surface area contributed by atoms with Gasteiger partial charge in [-0.2, -0.15) is 0 Å². The molecule has 0 unspecified atom stereocenters. The lowest BCUT2D eigenvalue weighted by Gasteiger charge is -2.10. The maximum absolute atomic E-state index is 13.4. The van der Waals surface area contributed by atoms with E-state index in [4.69, 9.17) is 0 Å². The van der Waals surface area contributed by atoms with Gasteiger partial charge in [-0.05, 0) is 64.7 Å². The first-order chi connectivity index (χ1) is 9.70. The highest BCUT2D eigenvalue weighted by molar-refractivity contribution is 9.10. The van der Waals surface area contributed by atoms with Crippen LogP contribution in [0.3, 0.4) is 0 Å². The van der Waals surface area contributed by atoms with E-state index in [1.54, 1.807) is 24.0 Å². The Morgan fingerprint density at radius 3 is 2.85 bits per heavy atom. The van der Waals surface area contributed by atoms with Gasteiger partial charge in [-0.3, -0.25) is 0 Å². The third-order valence-electron chi connectivity index (χ3n) is 3.10. The molecule has 1 heterocycles. The molecule has 1 saturated carbocycles. The maximum Gasteiger partial charge on any atom is 0.123 e. The lowest BCUT2D eigenvalue weighted by atomic mass is 10.2. The van der Waals surface area contributed by atoms with Crippen molar-refractivity contribution in [1.29, 1.82) is 0 Å². The summed E-state index contributed by atoms with van der Waals surface area (Å²) < 4.78 is 14.4. The third kappa shape index (κ3) is 3.81. The van der Waals surface area contributed by atoms with Gasteiger partial charge in [0.15, 0.2) is 0 Å². The summed E-state index contributed by atoms with van der Waals surface area (Å²) in [4.78, 5) is 5.40. The van der Waals surface area contributed by atoms with Crippen LogP contribution in [0.5, 0.6) is 0 Å². The standard InChI is InChI=1S/C15H14BrFN2S/c16-11-1-6-15(19-9-11)20-14-5-2-12(17)7-10(14)8-18-13-3-4-13/h1-2,5-7,9,13,18H,3-4,8H2. The topological polar surface area (TPSA) is 24.9 Å². The summed E-state index contributed by atoms with van der Waals surface area (Å²) in [7, 11) is 0. The molecule has 3 rings (SSSR count). The van der Waals surface area contributed by atoms with Crippen LogP contribution in [0.25, 0.3) is 0 Å². The summed E-state index contributed by atoms with van der Waals surface area (Å²) in [6, 6.07) is 9.46. The van der Waals surface area contributed by atoms with E-state index in [1.165, 1.54) is 18.9 Å². The number of halogens is 2. The molecule has 20 heavy (non-hydrogen) atoms. The molecule has 0 radical (unpaired) electrons.